The maximum Gasteiger partial charge on any atom is 0.426 e. The molecule has 7 heteroatoms. The topological polar surface area (TPSA) is 72.5 Å². The van der Waals surface area contributed by atoms with Gasteiger partial charge in [0.25, 0.3) is 10.0 Å². The number of sulfonamides is 1. The molecule has 0 spiro atoms. The van der Waals surface area contributed by atoms with Crippen molar-refractivity contribution in [1.82, 2.24) is 4.72 Å². The lowest BCUT2D eigenvalue weighted by molar-refractivity contribution is 0.207. The summed E-state index contributed by atoms with van der Waals surface area (Å²) in [4.78, 5) is 11.5. The first-order chi connectivity index (χ1) is 9.47. The molecule has 0 atom stereocenters. The molecule has 0 radical (unpaired) electrons. The minimum atomic E-state index is -3.94. The molecule has 20 heavy (non-hydrogen) atoms. The van der Waals surface area contributed by atoms with Crippen LogP contribution in [0.3, 0.4) is 0 Å². The van der Waals surface area contributed by atoms with Crippen molar-refractivity contribution in [3.63, 3.8) is 0 Å². The molecule has 2 aromatic rings. The Labute approximate surface area is 121 Å². The van der Waals surface area contributed by atoms with Crippen LogP contribution in [0.25, 0.3) is 0 Å². The summed E-state index contributed by atoms with van der Waals surface area (Å²) >= 11 is 5.68. The average Bonchev–Trinajstić information content (AvgIpc) is 2.42. The molecule has 0 saturated heterocycles. The van der Waals surface area contributed by atoms with Crippen molar-refractivity contribution in [3.05, 3.63) is 59.6 Å². The molecule has 0 heterocycles. The molecule has 0 bridgehead atoms. The minimum absolute atomic E-state index is 0.0203. The Morgan fingerprint density at radius 1 is 1.00 bits per heavy atom. The average molecular weight is 312 g/mol. The second kappa shape index (κ2) is 5.94. The quantitative estimate of drug-likeness (QED) is 0.946. The highest BCUT2D eigenvalue weighted by atomic mass is 35.5. The molecule has 0 aliphatic carbocycles. The number of carbonyl (C=O) groups excluding carboxylic acids is 1. The van der Waals surface area contributed by atoms with E-state index >= 15 is 0 Å². The van der Waals surface area contributed by atoms with Crippen LogP contribution < -0.4 is 9.46 Å². The van der Waals surface area contributed by atoms with Gasteiger partial charge in [-0.2, -0.15) is 0 Å². The molecule has 0 aromatic heterocycles. The molecule has 2 rings (SSSR count). The van der Waals surface area contributed by atoms with Crippen LogP contribution in [0.1, 0.15) is 0 Å². The molecule has 0 aliphatic rings. The molecular formula is C13H10ClNO4S. The summed E-state index contributed by atoms with van der Waals surface area (Å²) < 4.78 is 30.4. The SMILES string of the molecule is O=C(NS(=O)(=O)c1ccccc1)Oc1ccc(Cl)cc1. The Kier molecular flexibility index (Phi) is 4.26. The smallest absolute Gasteiger partial charge is 0.410 e. The first kappa shape index (κ1) is 14.4. The number of carbonyl (C=O) groups is 1. The van der Waals surface area contributed by atoms with E-state index in [4.69, 9.17) is 16.3 Å². The van der Waals surface area contributed by atoms with Crippen molar-refractivity contribution in [3.8, 4) is 5.75 Å². The lowest BCUT2D eigenvalue weighted by Gasteiger charge is -2.07. The number of amides is 1. The summed E-state index contributed by atoms with van der Waals surface area (Å²) in [7, 11) is -3.94. The zero-order valence-electron chi connectivity index (χ0n) is 10.1. The standard InChI is InChI=1S/C13H10ClNO4S/c14-10-6-8-11(9-7-10)19-13(16)15-20(17,18)12-4-2-1-3-5-12/h1-9H,(H,15,16). The Balaban J connectivity index is 2.06. The molecule has 5 nitrogen and oxygen atoms in total. The van der Waals surface area contributed by atoms with Crippen molar-refractivity contribution in [2.24, 2.45) is 0 Å². The zero-order valence-corrected chi connectivity index (χ0v) is 11.7. The molecule has 0 aliphatic heterocycles. The van der Waals surface area contributed by atoms with Crippen molar-refractivity contribution >= 4 is 27.7 Å². The fraction of sp³-hybridized carbons (Fsp3) is 0. The molecule has 104 valence electrons. The van der Waals surface area contributed by atoms with E-state index in [9.17, 15) is 13.2 Å². The minimum Gasteiger partial charge on any atom is -0.410 e. The lowest BCUT2D eigenvalue weighted by atomic mass is 10.3. The van der Waals surface area contributed by atoms with Crippen LogP contribution in [-0.4, -0.2) is 14.5 Å². The van der Waals surface area contributed by atoms with E-state index in [-0.39, 0.29) is 10.6 Å². The summed E-state index contributed by atoms with van der Waals surface area (Å²) in [5, 5.41) is 0.481. The van der Waals surface area contributed by atoms with Crippen LogP contribution in [0.5, 0.6) is 5.75 Å². The fourth-order valence-corrected chi connectivity index (χ4v) is 2.42. The first-order valence-corrected chi connectivity index (χ1v) is 7.39. The maximum absolute atomic E-state index is 11.9. The number of ether oxygens (including phenoxy) is 1. The summed E-state index contributed by atoms with van der Waals surface area (Å²) in [6, 6.07) is 13.5. The number of hydrogen-bond acceptors (Lipinski definition) is 4. The lowest BCUT2D eigenvalue weighted by Crippen LogP contribution is -2.32. The Bertz CT molecular complexity index is 699. The Hall–Kier alpha value is -2.05. The molecular weight excluding hydrogens is 302 g/mol. The number of halogens is 1. The van der Waals surface area contributed by atoms with Gasteiger partial charge in [0.15, 0.2) is 0 Å². The van der Waals surface area contributed by atoms with Gasteiger partial charge in [-0.05, 0) is 36.4 Å². The van der Waals surface area contributed by atoms with Gasteiger partial charge in [0.1, 0.15) is 5.75 Å². The molecule has 0 fully saturated rings. The van der Waals surface area contributed by atoms with Gasteiger partial charge in [-0.25, -0.2) is 17.9 Å². The van der Waals surface area contributed by atoms with Gasteiger partial charge in [0, 0.05) is 5.02 Å². The summed E-state index contributed by atoms with van der Waals surface area (Å²) in [5.74, 6) is 0.190. The maximum atomic E-state index is 11.9. The van der Waals surface area contributed by atoms with Crippen molar-refractivity contribution in [2.75, 3.05) is 0 Å². The van der Waals surface area contributed by atoms with Crippen LogP contribution in [0, 0.1) is 0 Å². The van der Waals surface area contributed by atoms with Gasteiger partial charge < -0.3 is 4.74 Å². The van der Waals surface area contributed by atoms with Gasteiger partial charge in [-0.15, -0.1) is 0 Å². The molecule has 2 aromatic carbocycles. The number of nitrogens with one attached hydrogen (secondary N) is 1. The Morgan fingerprint density at radius 2 is 1.60 bits per heavy atom. The highest BCUT2D eigenvalue weighted by Crippen LogP contribution is 2.16. The molecule has 0 unspecified atom stereocenters. The third kappa shape index (κ3) is 3.72. The van der Waals surface area contributed by atoms with E-state index in [1.54, 1.807) is 18.2 Å². The third-order valence-electron chi connectivity index (χ3n) is 2.30. The van der Waals surface area contributed by atoms with Crippen molar-refractivity contribution in [2.45, 2.75) is 4.90 Å². The Morgan fingerprint density at radius 3 is 2.20 bits per heavy atom. The van der Waals surface area contributed by atoms with Crippen LogP contribution in [-0.2, 0) is 10.0 Å². The summed E-state index contributed by atoms with van der Waals surface area (Å²) in [5.41, 5.74) is 0. The van der Waals surface area contributed by atoms with E-state index in [2.05, 4.69) is 0 Å². The first-order valence-electron chi connectivity index (χ1n) is 5.52. The van der Waals surface area contributed by atoms with Crippen molar-refractivity contribution < 1.29 is 17.9 Å². The normalized spacial score (nSPS) is 10.8. The molecule has 1 amide bonds. The number of rotatable bonds is 3. The van der Waals surface area contributed by atoms with E-state index in [0.717, 1.165) is 0 Å². The van der Waals surface area contributed by atoms with Crippen LogP contribution >= 0.6 is 11.6 Å². The van der Waals surface area contributed by atoms with Crippen LogP contribution in [0.2, 0.25) is 5.02 Å². The van der Waals surface area contributed by atoms with Gasteiger partial charge in [-0.1, -0.05) is 29.8 Å². The summed E-state index contributed by atoms with van der Waals surface area (Å²) in [6.45, 7) is 0. The predicted octanol–water partition coefficient (Wildman–Crippen LogP) is 2.82. The van der Waals surface area contributed by atoms with Gasteiger partial charge >= 0.3 is 6.09 Å². The zero-order chi connectivity index (χ0) is 14.6. The third-order valence-corrected chi connectivity index (χ3v) is 3.88. The largest absolute Gasteiger partial charge is 0.426 e. The number of benzene rings is 2. The highest BCUT2D eigenvalue weighted by Gasteiger charge is 2.18. The van der Waals surface area contributed by atoms with E-state index in [1.165, 1.54) is 36.4 Å². The van der Waals surface area contributed by atoms with Gasteiger partial charge in [-0.3, -0.25) is 0 Å². The van der Waals surface area contributed by atoms with Gasteiger partial charge in [0.2, 0.25) is 0 Å². The van der Waals surface area contributed by atoms with Gasteiger partial charge in [0.05, 0.1) is 4.90 Å². The molecule has 1 N–H and O–H groups in total. The van der Waals surface area contributed by atoms with E-state index < -0.39 is 16.1 Å². The van der Waals surface area contributed by atoms with E-state index in [0.29, 0.717) is 5.02 Å². The second-order valence-electron chi connectivity index (χ2n) is 3.76. The second-order valence-corrected chi connectivity index (χ2v) is 5.88. The molecule has 0 saturated carbocycles. The fourth-order valence-electron chi connectivity index (χ4n) is 1.40. The van der Waals surface area contributed by atoms with Crippen LogP contribution in [0.15, 0.2) is 59.5 Å². The van der Waals surface area contributed by atoms with Crippen LogP contribution in [0.4, 0.5) is 4.79 Å². The summed E-state index contributed by atoms with van der Waals surface area (Å²) in [6.07, 6.45) is -1.09. The highest BCUT2D eigenvalue weighted by molar-refractivity contribution is 7.90. The monoisotopic (exact) mass is 311 g/mol. The predicted molar refractivity (Wildman–Crippen MR) is 74.2 cm³/mol. The van der Waals surface area contributed by atoms with Crippen molar-refractivity contribution in [1.29, 1.82) is 0 Å². The van der Waals surface area contributed by atoms with E-state index in [1.807, 2.05) is 4.72 Å². The number of hydrogen-bond donors (Lipinski definition) is 1.